The minimum absolute atomic E-state index is 0.364. The van der Waals surface area contributed by atoms with Crippen LogP contribution in [0.5, 0.6) is 0 Å². The van der Waals surface area contributed by atoms with Crippen molar-refractivity contribution in [3.63, 3.8) is 0 Å². The third kappa shape index (κ3) is 11.2. The maximum Gasteiger partial charge on any atom is 0.0470 e. The number of rotatable bonds is 18. The molecule has 1 saturated carbocycles. The minimum atomic E-state index is -0.364. The molecular formula is C25H52OS2. The third-order valence-electron chi connectivity index (χ3n) is 6.97. The molecule has 28 heavy (non-hydrogen) atoms. The summed E-state index contributed by atoms with van der Waals surface area (Å²) in [4.78, 5) is 0. The Balaban J connectivity index is 1.93. The Morgan fingerprint density at radius 1 is 0.821 bits per heavy atom. The molecule has 170 valence electrons. The first-order valence-electron chi connectivity index (χ1n) is 12.3. The summed E-state index contributed by atoms with van der Waals surface area (Å²) in [6.45, 7) is 8.41. The van der Waals surface area contributed by atoms with E-state index < -0.39 is 0 Å². The van der Waals surface area contributed by atoms with E-state index in [-0.39, 0.29) is 10.0 Å². The lowest BCUT2D eigenvalue weighted by Crippen LogP contribution is -2.24. The van der Waals surface area contributed by atoms with Crippen molar-refractivity contribution >= 4 is 21.8 Å². The van der Waals surface area contributed by atoms with Gasteiger partial charge < -0.3 is 4.74 Å². The fraction of sp³-hybridized carbons (Fsp3) is 1.00. The fourth-order valence-electron chi connectivity index (χ4n) is 5.10. The smallest absolute Gasteiger partial charge is 0.0470 e. The predicted molar refractivity (Wildman–Crippen MR) is 136 cm³/mol. The second-order valence-corrected chi connectivity index (χ2v) is 15.1. The molecule has 0 bridgehead atoms. The SMILES string of the molecule is CCS(C)(CCCCCCCCCCCSCCCOC)C1CC(C)CC1C. The number of unbranched alkanes of at least 4 members (excludes halogenated alkanes) is 8. The molecule has 0 spiro atoms. The summed E-state index contributed by atoms with van der Waals surface area (Å²) >= 11 is 2.11. The summed E-state index contributed by atoms with van der Waals surface area (Å²) in [5, 5.41) is 1.06. The summed E-state index contributed by atoms with van der Waals surface area (Å²) in [5.41, 5.74) is 0. The molecule has 0 saturated heterocycles. The van der Waals surface area contributed by atoms with Crippen LogP contribution in [0.25, 0.3) is 0 Å². The lowest BCUT2D eigenvalue weighted by Gasteiger charge is -2.43. The van der Waals surface area contributed by atoms with Gasteiger partial charge in [0.15, 0.2) is 0 Å². The molecule has 1 rings (SSSR count). The average Bonchev–Trinajstić information content (AvgIpc) is 3.03. The first kappa shape index (κ1) is 26.7. The van der Waals surface area contributed by atoms with Crippen molar-refractivity contribution in [3.8, 4) is 0 Å². The van der Waals surface area contributed by atoms with Crippen LogP contribution in [-0.2, 0) is 4.74 Å². The Morgan fingerprint density at radius 3 is 1.93 bits per heavy atom. The Hall–Kier alpha value is 0.660. The van der Waals surface area contributed by atoms with E-state index in [0.29, 0.717) is 0 Å². The zero-order valence-electron chi connectivity index (χ0n) is 20.0. The van der Waals surface area contributed by atoms with E-state index in [1.165, 1.54) is 94.3 Å². The largest absolute Gasteiger partial charge is 0.385 e. The highest BCUT2D eigenvalue weighted by molar-refractivity contribution is 8.33. The summed E-state index contributed by atoms with van der Waals surface area (Å²) in [6.07, 6.45) is 20.1. The van der Waals surface area contributed by atoms with E-state index in [9.17, 15) is 0 Å². The van der Waals surface area contributed by atoms with Crippen molar-refractivity contribution in [2.24, 2.45) is 11.8 Å². The quantitative estimate of drug-likeness (QED) is 0.202. The van der Waals surface area contributed by atoms with Gasteiger partial charge in [-0.05, 0) is 78.5 Å². The van der Waals surface area contributed by atoms with Gasteiger partial charge in [-0.1, -0.05) is 65.7 Å². The van der Waals surface area contributed by atoms with E-state index in [2.05, 4.69) is 38.8 Å². The first-order valence-corrected chi connectivity index (χ1v) is 15.9. The molecule has 1 nitrogen and oxygen atoms in total. The average molecular weight is 433 g/mol. The van der Waals surface area contributed by atoms with Crippen LogP contribution >= 0.6 is 21.8 Å². The van der Waals surface area contributed by atoms with Gasteiger partial charge in [0.1, 0.15) is 0 Å². The Morgan fingerprint density at radius 2 is 1.39 bits per heavy atom. The molecule has 0 aromatic heterocycles. The Labute approximate surface area is 184 Å². The predicted octanol–water partition coefficient (Wildman–Crippen LogP) is 8.16. The van der Waals surface area contributed by atoms with Crippen molar-refractivity contribution in [2.45, 2.75) is 103 Å². The van der Waals surface area contributed by atoms with Gasteiger partial charge in [-0.15, -0.1) is 0 Å². The lowest BCUT2D eigenvalue weighted by molar-refractivity contribution is 0.200. The van der Waals surface area contributed by atoms with Gasteiger partial charge in [-0.2, -0.15) is 11.8 Å². The Bertz CT molecular complexity index is 362. The second kappa shape index (κ2) is 16.4. The fourth-order valence-corrected chi connectivity index (χ4v) is 9.94. The maximum absolute atomic E-state index is 5.09. The first-order chi connectivity index (χ1) is 13.5. The summed E-state index contributed by atoms with van der Waals surface area (Å²) in [6, 6.07) is 0. The zero-order chi connectivity index (χ0) is 20.7. The van der Waals surface area contributed by atoms with Crippen molar-refractivity contribution < 1.29 is 4.74 Å². The van der Waals surface area contributed by atoms with Crippen LogP contribution in [0.3, 0.4) is 0 Å². The summed E-state index contributed by atoms with van der Waals surface area (Å²) < 4.78 is 5.09. The highest BCUT2D eigenvalue weighted by Crippen LogP contribution is 2.58. The molecule has 1 aliphatic carbocycles. The van der Waals surface area contributed by atoms with Gasteiger partial charge >= 0.3 is 0 Å². The van der Waals surface area contributed by atoms with Gasteiger partial charge in [0, 0.05) is 13.7 Å². The van der Waals surface area contributed by atoms with Gasteiger partial charge in [0.2, 0.25) is 0 Å². The molecule has 0 aromatic carbocycles. The van der Waals surface area contributed by atoms with E-state index in [4.69, 9.17) is 4.74 Å². The molecule has 0 amide bonds. The van der Waals surface area contributed by atoms with Crippen molar-refractivity contribution in [1.29, 1.82) is 0 Å². The monoisotopic (exact) mass is 432 g/mol. The van der Waals surface area contributed by atoms with E-state index in [1.807, 2.05) is 0 Å². The number of thioether (sulfide) groups is 1. The van der Waals surface area contributed by atoms with Gasteiger partial charge in [-0.3, -0.25) is 0 Å². The van der Waals surface area contributed by atoms with E-state index in [0.717, 1.165) is 23.7 Å². The second-order valence-electron chi connectivity index (χ2n) is 9.58. The molecule has 0 heterocycles. The molecule has 0 aromatic rings. The molecule has 0 N–H and O–H groups in total. The molecule has 0 aliphatic heterocycles. The molecule has 4 unspecified atom stereocenters. The number of methoxy groups -OCH3 is 1. The van der Waals surface area contributed by atoms with Crippen LogP contribution in [0.4, 0.5) is 0 Å². The van der Waals surface area contributed by atoms with Crippen LogP contribution in [0.2, 0.25) is 0 Å². The summed E-state index contributed by atoms with van der Waals surface area (Å²) in [5.74, 6) is 7.59. The molecule has 1 aliphatic rings. The van der Waals surface area contributed by atoms with Gasteiger partial charge in [-0.25, -0.2) is 10.0 Å². The van der Waals surface area contributed by atoms with Crippen LogP contribution in [0.15, 0.2) is 0 Å². The molecule has 0 radical (unpaired) electrons. The molecule has 3 heteroatoms. The molecule has 1 fully saturated rings. The minimum Gasteiger partial charge on any atom is -0.385 e. The highest BCUT2D eigenvalue weighted by atomic mass is 32.3. The van der Waals surface area contributed by atoms with E-state index in [1.54, 1.807) is 12.9 Å². The van der Waals surface area contributed by atoms with E-state index >= 15 is 0 Å². The van der Waals surface area contributed by atoms with Gasteiger partial charge in [0.25, 0.3) is 0 Å². The normalized spacial score (nSPS) is 25.7. The highest BCUT2D eigenvalue weighted by Gasteiger charge is 2.37. The van der Waals surface area contributed by atoms with Crippen LogP contribution in [-0.4, -0.2) is 48.2 Å². The third-order valence-corrected chi connectivity index (χ3v) is 12.8. The Kier molecular flexibility index (Phi) is 15.6. The number of hydrogen-bond acceptors (Lipinski definition) is 2. The lowest BCUT2D eigenvalue weighted by atomic mass is 10.1. The van der Waals surface area contributed by atoms with Crippen molar-refractivity contribution in [3.05, 3.63) is 0 Å². The molecular weight excluding hydrogens is 380 g/mol. The number of ether oxygens (including phenoxy) is 1. The van der Waals surface area contributed by atoms with Crippen LogP contribution < -0.4 is 0 Å². The maximum atomic E-state index is 5.09. The summed E-state index contributed by atoms with van der Waals surface area (Å²) in [7, 11) is 1.43. The van der Waals surface area contributed by atoms with Crippen LogP contribution in [0.1, 0.15) is 97.8 Å². The van der Waals surface area contributed by atoms with Crippen LogP contribution in [0, 0.1) is 11.8 Å². The topological polar surface area (TPSA) is 9.23 Å². The zero-order valence-corrected chi connectivity index (χ0v) is 21.6. The molecule has 4 atom stereocenters. The standard InChI is InChI=1S/C25H52OS2/c1-6-28(5,25-22-23(2)21-24(25)3)20-15-13-11-9-7-8-10-12-14-18-27-19-16-17-26-4/h23-25H,6-22H2,1-5H3. The van der Waals surface area contributed by atoms with Gasteiger partial charge in [0.05, 0.1) is 0 Å². The number of hydrogen-bond donors (Lipinski definition) is 0. The van der Waals surface area contributed by atoms with Crippen molar-refractivity contribution in [1.82, 2.24) is 0 Å². The van der Waals surface area contributed by atoms with Crippen molar-refractivity contribution in [2.75, 3.05) is 43.0 Å².